The van der Waals surface area contributed by atoms with E-state index in [1.165, 1.54) is 0 Å². The monoisotopic (exact) mass is 156 g/mol. The average Bonchev–Trinajstić information content (AvgIpc) is 2.44. The van der Waals surface area contributed by atoms with Crippen molar-refractivity contribution in [1.82, 2.24) is 0 Å². The molecule has 64 valence electrons. The van der Waals surface area contributed by atoms with Crippen LogP contribution < -0.4 is 0 Å². The maximum absolute atomic E-state index is 5.67. The molecule has 0 saturated carbocycles. The fourth-order valence-corrected chi connectivity index (χ4v) is 2.06. The van der Waals surface area contributed by atoms with Gasteiger partial charge >= 0.3 is 0 Å². The predicted molar refractivity (Wildman–Crippen MR) is 42.1 cm³/mol. The van der Waals surface area contributed by atoms with Gasteiger partial charge in [0.1, 0.15) is 0 Å². The largest absolute Gasteiger partial charge is 0.350 e. The van der Waals surface area contributed by atoms with Crippen molar-refractivity contribution >= 4 is 0 Å². The van der Waals surface area contributed by atoms with E-state index in [1.54, 1.807) is 0 Å². The van der Waals surface area contributed by atoms with Gasteiger partial charge in [-0.15, -0.1) is 0 Å². The fourth-order valence-electron chi connectivity index (χ4n) is 2.06. The Morgan fingerprint density at radius 3 is 2.45 bits per heavy atom. The topological polar surface area (TPSA) is 18.5 Å². The van der Waals surface area contributed by atoms with Crippen molar-refractivity contribution in [2.75, 3.05) is 6.61 Å². The summed E-state index contributed by atoms with van der Waals surface area (Å²) >= 11 is 0. The first-order valence-electron chi connectivity index (χ1n) is 4.47. The van der Waals surface area contributed by atoms with Gasteiger partial charge in [-0.2, -0.15) is 0 Å². The molecule has 0 aliphatic carbocycles. The summed E-state index contributed by atoms with van der Waals surface area (Å²) in [6.07, 6.45) is 0.456. The lowest BCUT2D eigenvalue weighted by atomic mass is 9.80. The van der Waals surface area contributed by atoms with Crippen LogP contribution in [0.4, 0.5) is 0 Å². The molecule has 0 N–H and O–H groups in total. The first-order chi connectivity index (χ1) is 5.20. The summed E-state index contributed by atoms with van der Waals surface area (Å²) < 4.78 is 11.2. The molecule has 2 heteroatoms. The molecule has 2 saturated heterocycles. The van der Waals surface area contributed by atoms with Crippen LogP contribution in [0.2, 0.25) is 0 Å². The summed E-state index contributed by atoms with van der Waals surface area (Å²) in [4.78, 5) is 0. The molecule has 2 aliphatic rings. The van der Waals surface area contributed by atoms with Crippen LogP contribution in [0.1, 0.15) is 20.8 Å². The van der Waals surface area contributed by atoms with E-state index in [1.807, 2.05) is 0 Å². The summed E-state index contributed by atoms with van der Waals surface area (Å²) in [7, 11) is 0. The van der Waals surface area contributed by atoms with Gasteiger partial charge in [-0.05, 0) is 11.8 Å². The number of hydrogen-bond donors (Lipinski definition) is 0. The normalized spacial score (nSPS) is 56.5. The van der Waals surface area contributed by atoms with E-state index >= 15 is 0 Å². The Morgan fingerprint density at radius 2 is 1.73 bits per heavy atom. The Labute approximate surface area is 67.9 Å². The zero-order chi connectivity index (χ0) is 8.01. The van der Waals surface area contributed by atoms with E-state index in [-0.39, 0.29) is 6.29 Å². The number of fused-ring (bicyclic) bond motifs is 2. The molecule has 0 aromatic rings. The van der Waals surface area contributed by atoms with Gasteiger partial charge in [0.05, 0.1) is 12.7 Å². The Balaban J connectivity index is 2.16. The van der Waals surface area contributed by atoms with Crippen molar-refractivity contribution in [2.45, 2.75) is 33.2 Å². The number of rotatable bonds is 0. The van der Waals surface area contributed by atoms with E-state index in [4.69, 9.17) is 9.47 Å². The zero-order valence-corrected chi connectivity index (χ0v) is 7.41. The van der Waals surface area contributed by atoms with Crippen LogP contribution >= 0.6 is 0 Å². The number of ether oxygens (including phenoxy) is 2. The van der Waals surface area contributed by atoms with Crippen LogP contribution in [-0.2, 0) is 9.47 Å². The van der Waals surface area contributed by atoms with Crippen LogP contribution in [0.3, 0.4) is 0 Å². The zero-order valence-electron chi connectivity index (χ0n) is 7.41. The average molecular weight is 156 g/mol. The third-order valence-corrected chi connectivity index (χ3v) is 3.41. The lowest BCUT2D eigenvalue weighted by Gasteiger charge is -2.35. The Hall–Kier alpha value is -0.0800. The van der Waals surface area contributed by atoms with Gasteiger partial charge in [-0.1, -0.05) is 20.8 Å². The summed E-state index contributed by atoms with van der Waals surface area (Å²) in [6.45, 7) is 7.58. The highest BCUT2D eigenvalue weighted by Crippen LogP contribution is 2.39. The first kappa shape index (κ1) is 7.56. The standard InChI is InChI=1S/C9H16O2/c1-5-6(2)8-4-10-9(11-8)7(5)3/h5-9H,4H2,1-3H3/t5-,6?,7-,8?,9+/m0/s1. The Bertz CT molecular complexity index is 138. The van der Waals surface area contributed by atoms with E-state index in [0.29, 0.717) is 17.9 Å². The molecule has 2 rings (SSSR count). The molecule has 0 amide bonds. The molecule has 0 radical (unpaired) electrons. The summed E-state index contributed by atoms with van der Waals surface area (Å²) in [5.74, 6) is 1.95. The molecule has 2 heterocycles. The third kappa shape index (κ3) is 1.00. The van der Waals surface area contributed by atoms with Crippen molar-refractivity contribution in [3.63, 3.8) is 0 Å². The van der Waals surface area contributed by atoms with E-state index < -0.39 is 0 Å². The maximum Gasteiger partial charge on any atom is 0.160 e. The molecular weight excluding hydrogens is 140 g/mol. The lowest BCUT2D eigenvalue weighted by molar-refractivity contribution is -0.150. The second kappa shape index (κ2) is 2.46. The molecule has 0 spiro atoms. The van der Waals surface area contributed by atoms with Crippen LogP contribution in [0.25, 0.3) is 0 Å². The smallest absolute Gasteiger partial charge is 0.160 e. The molecule has 0 aromatic heterocycles. The lowest BCUT2D eigenvalue weighted by Crippen LogP contribution is -2.39. The summed E-state index contributed by atoms with van der Waals surface area (Å²) in [6, 6.07) is 0. The second-order valence-electron chi connectivity index (χ2n) is 3.95. The van der Waals surface area contributed by atoms with Gasteiger partial charge in [-0.25, -0.2) is 0 Å². The van der Waals surface area contributed by atoms with Crippen molar-refractivity contribution in [3.05, 3.63) is 0 Å². The Kier molecular flexibility index (Phi) is 1.69. The maximum atomic E-state index is 5.67. The van der Waals surface area contributed by atoms with Gasteiger partial charge in [-0.3, -0.25) is 0 Å². The fraction of sp³-hybridized carbons (Fsp3) is 1.00. The molecular formula is C9H16O2. The van der Waals surface area contributed by atoms with Gasteiger partial charge in [0.15, 0.2) is 6.29 Å². The molecule has 5 atom stereocenters. The van der Waals surface area contributed by atoms with Crippen molar-refractivity contribution in [3.8, 4) is 0 Å². The molecule has 2 aliphatic heterocycles. The molecule has 2 nitrogen and oxygen atoms in total. The summed E-state index contributed by atoms with van der Waals surface area (Å²) in [5, 5.41) is 0. The predicted octanol–water partition coefficient (Wildman–Crippen LogP) is 1.65. The van der Waals surface area contributed by atoms with Gasteiger partial charge in [0.2, 0.25) is 0 Å². The quantitative estimate of drug-likeness (QED) is 0.531. The van der Waals surface area contributed by atoms with Gasteiger partial charge in [0.25, 0.3) is 0 Å². The Morgan fingerprint density at radius 1 is 1.00 bits per heavy atom. The third-order valence-electron chi connectivity index (χ3n) is 3.41. The van der Waals surface area contributed by atoms with E-state index in [9.17, 15) is 0 Å². The minimum atomic E-state index is 0.0891. The first-order valence-corrected chi connectivity index (χ1v) is 4.47. The molecule has 2 unspecified atom stereocenters. The van der Waals surface area contributed by atoms with Crippen LogP contribution in [0.15, 0.2) is 0 Å². The van der Waals surface area contributed by atoms with Crippen molar-refractivity contribution in [2.24, 2.45) is 17.8 Å². The highest BCUT2D eigenvalue weighted by atomic mass is 16.7. The SMILES string of the molecule is CC1C2CO[C@H](O2)[C@@H](C)[C@H]1C. The van der Waals surface area contributed by atoms with Crippen molar-refractivity contribution in [1.29, 1.82) is 0 Å². The highest BCUT2D eigenvalue weighted by molar-refractivity contribution is 4.86. The van der Waals surface area contributed by atoms with Crippen LogP contribution in [-0.4, -0.2) is 19.0 Å². The second-order valence-corrected chi connectivity index (χ2v) is 3.95. The molecule has 2 fully saturated rings. The van der Waals surface area contributed by atoms with Crippen molar-refractivity contribution < 1.29 is 9.47 Å². The summed E-state index contributed by atoms with van der Waals surface area (Å²) in [5.41, 5.74) is 0. The minimum absolute atomic E-state index is 0.0891. The molecule has 0 aromatic carbocycles. The van der Waals surface area contributed by atoms with E-state index in [0.717, 1.165) is 12.5 Å². The minimum Gasteiger partial charge on any atom is -0.350 e. The molecule has 11 heavy (non-hydrogen) atoms. The molecule has 2 bridgehead atoms. The van der Waals surface area contributed by atoms with E-state index in [2.05, 4.69) is 20.8 Å². The van der Waals surface area contributed by atoms with Crippen LogP contribution in [0.5, 0.6) is 0 Å². The number of hydrogen-bond acceptors (Lipinski definition) is 2. The van der Waals surface area contributed by atoms with Gasteiger partial charge in [0, 0.05) is 5.92 Å². The van der Waals surface area contributed by atoms with Crippen LogP contribution in [0, 0.1) is 17.8 Å². The highest BCUT2D eigenvalue weighted by Gasteiger charge is 2.44. The van der Waals surface area contributed by atoms with Gasteiger partial charge < -0.3 is 9.47 Å².